The Hall–Kier alpha value is -4.24. The number of ether oxygens (including phenoxy) is 2. The maximum Gasteiger partial charge on any atom is 0.411 e. The van der Waals surface area contributed by atoms with Crippen LogP contribution < -0.4 is 10.6 Å². The van der Waals surface area contributed by atoms with Gasteiger partial charge in [0, 0.05) is 30.5 Å². The van der Waals surface area contributed by atoms with Crippen LogP contribution in [-0.4, -0.2) is 66.1 Å². The number of anilines is 2. The fourth-order valence-corrected chi connectivity index (χ4v) is 7.46. The predicted octanol–water partition coefficient (Wildman–Crippen LogP) is 6.27. The first-order chi connectivity index (χ1) is 21.8. The summed E-state index contributed by atoms with van der Waals surface area (Å²) in [6, 6.07) is 28.4. The van der Waals surface area contributed by atoms with Gasteiger partial charge in [-0.15, -0.1) is 0 Å². The van der Waals surface area contributed by atoms with E-state index in [0.717, 1.165) is 56.0 Å². The first-order valence-corrected chi connectivity index (χ1v) is 15.9. The van der Waals surface area contributed by atoms with Crippen LogP contribution in [0.4, 0.5) is 16.2 Å². The fraction of sp³-hybridized carbons (Fsp3) is 0.351. The van der Waals surface area contributed by atoms with Gasteiger partial charge in [0.05, 0.1) is 26.4 Å². The van der Waals surface area contributed by atoms with E-state index in [4.69, 9.17) is 9.47 Å². The number of nitrogens with one attached hydrogen (secondary N) is 2. The minimum absolute atomic E-state index is 0.00125. The molecule has 3 fully saturated rings. The van der Waals surface area contributed by atoms with Crippen LogP contribution in [0.3, 0.4) is 0 Å². The van der Waals surface area contributed by atoms with E-state index in [9.17, 15) is 14.7 Å². The number of likely N-dealkylation sites (N-methyl/N-ethyl adjacent to an activating group) is 1. The van der Waals surface area contributed by atoms with Crippen molar-refractivity contribution in [3.63, 3.8) is 0 Å². The highest BCUT2D eigenvalue weighted by molar-refractivity contribution is 5.95. The average molecular weight is 607 g/mol. The summed E-state index contributed by atoms with van der Waals surface area (Å²) >= 11 is 0. The topological polar surface area (TPSA) is 100 Å². The van der Waals surface area contributed by atoms with Gasteiger partial charge in [0.25, 0.3) is 0 Å². The van der Waals surface area contributed by atoms with Gasteiger partial charge in [-0.3, -0.25) is 10.1 Å². The number of carbonyl (C=O) groups is 2. The van der Waals surface area contributed by atoms with Crippen molar-refractivity contribution in [3.8, 4) is 11.1 Å². The lowest BCUT2D eigenvalue weighted by atomic mass is 9.96. The van der Waals surface area contributed by atoms with Gasteiger partial charge in [-0.25, -0.2) is 4.79 Å². The number of carbonyl (C=O) groups excluding carboxylic acids is 2. The molecule has 0 spiro atoms. The number of aliphatic hydroxyl groups is 1. The second kappa shape index (κ2) is 11.9. The minimum Gasteiger partial charge on any atom is -0.445 e. The van der Waals surface area contributed by atoms with E-state index < -0.39 is 6.09 Å². The quantitative estimate of drug-likeness (QED) is 0.154. The summed E-state index contributed by atoms with van der Waals surface area (Å²) in [6.45, 7) is 0.00125. The molecule has 1 unspecified atom stereocenters. The largest absolute Gasteiger partial charge is 0.445 e. The van der Waals surface area contributed by atoms with Crippen molar-refractivity contribution >= 4 is 34.1 Å². The molecule has 4 aromatic carbocycles. The number of nitrogens with zero attached hydrogens (tertiary/aromatic N) is 1. The van der Waals surface area contributed by atoms with E-state index in [1.165, 1.54) is 0 Å². The molecular weight excluding hydrogens is 566 g/mol. The SMILES string of the molecule is C[N+]1(C)[C@@H]2CC(OC(=O)Nc3cc(CCCC(=O)Nc4ccc5cc(CO)ccc5c4)ccc3-c3ccccc3)C[C@H]1[C@@H]1O[C@@H]12. The Morgan fingerprint density at radius 2 is 1.58 bits per heavy atom. The number of aryl methyl sites for hydroxylation is 1. The Morgan fingerprint density at radius 3 is 2.33 bits per heavy atom. The lowest BCUT2D eigenvalue weighted by Gasteiger charge is -2.45. The van der Waals surface area contributed by atoms with Crippen molar-refractivity contribution in [1.82, 2.24) is 0 Å². The Bertz CT molecular complexity index is 1720. The van der Waals surface area contributed by atoms with E-state index in [1.807, 2.05) is 78.9 Å². The van der Waals surface area contributed by atoms with Crippen molar-refractivity contribution in [2.24, 2.45) is 0 Å². The third kappa shape index (κ3) is 6.06. The summed E-state index contributed by atoms with van der Waals surface area (Å²) in [5.74, 6) is -0.0459. The number of epoxide rings is 1. The number of aliphatic hydroxyl groups excluding tert-OH is 1. The van der Waals surface area contributed by atoms with Crippen molar-refractivity contribution in [1.29, 1.82) is 0 Å². The summed E-state index contributed by atoms with van der Waals surface area (Å²) < 4.78 is 12.8. The first-order valence-electron chi connectivity index (χ1n) is 15.9. The van der Waals surface area contributed by atoms with E-state index in [2.05, 4.69) is 30.8 Å². The highest BCUT2D eigenvalue weighted by atomic mass is 16.6. The molecule has 3 aliphatic heterocycles. The Morgan fingerprint density at radius 1 is 0.867 bits per heavy atom. The maximum absolute atomic E-state index is 13.2. The minimum atomic E-state index is -0.433. The van der Waals surface area contributed by atoms with Gasteiger partial charge in [0.1, 0.15) is 30.4 Å². The van der Waals surface area contributed by atoms with Crippen LogP contribution in [0.15, 0.2) is 84.9 Å². The van der Waals surface area contributed by atoms with Gasteiger partial charge >= 0.3 is 6.09 Å². The summed E-state index contributed by atoms with van der Waals surface area (Å²) in [7, 11) is 4.53. The maximum atomic E-state index is 13.2. The number of morpholine rings is 1. The molecule has 7 rings (SSSR count). The van der Waals surface area contributed by atoms with Gasteiger partial charge < -0.3 is 24.4 Å². The van der Waals surface area contributed by atoms with E-state index in [0.29, 0.717) is 49.2 Å². The van der Waals surface area contributed by atoms with Crippen LogP contribution in [0.1, 0.15) is 36.8 Å². The standard InChI is InChI=1S/C37H39N3O5/c1-40(2)32-20-29(21-33(40)36-35(32)45-36)44-37(43)39-31-18-23(12-16-30(31)25-8-4-3-5-9-25)7-6-10-34(42)38-28-15-14-26-17-24(22-41)11-13-27(26)19-28/h3-5,8-9,11-19,29,32-33,35-36,41H,6-7,10,20-22H2,1-2H3,(H-,38,39,42,43)/p+1/t29?,32-,33+,35-,36+. The third-order valence-electron chi connectivity index (χ3n) is 9.96. The number of quaternary nitrogens is 1. The number of amides is 2. The Balaban J connectivity index is 0.982. The highest BCUT2D eigenvalue weighted by Crippen LogP contribution is 2.51. The molecule has 3 N–H and O–H groups in total. The normalized spacial score (nSPS) is 24.1. The van der Waals surface area contributed by atoms with Gasteiger partial charge in [-0.05, 0) is 64.6 Å². The molecule has 45 heavy (non-hydrogen) atoms. The first kappa shape index (κ1) is 29.5. The van der Waals surface area contributed by atoms with Crippen molar-refractivity contribution < 1.29 is 28.7 Å². The van der Waals surface area contributed by atoms with Crippen molar-refractivity contribution in [2.45, 2.75) is 69.1 Å². The van der Waals surface area contributed by atoms with Gasteiger partial charge in [0.2, 0.25) is 5.91 Å². The monoisotopic (exact) mass is 606 g/mol. The molecule has 8 heteroatoms. The number of hydrogen-bond acceptors (Lipinski definition) is 5. The summed E-state index contributed by atoms with van der Waals surface area (Å²) in [5.41, 5.74) is 5.28. The van der Waals surface area contributed by atoms with Crippen LogP contribution in [0.5, 0.6) is 0 Å². The molecule has 2 bridgehead atoms. The number of piperidine rings is 1. The summed E-state index contributed by atoms with van der Waals surface area (Å²) in [6.07, 6.45) is 3.41. The fourth-order valence-electron chi connectivity index (χ4n) is 7.46. The number of fused-ring (bicyclic) bond motifs is 6. The molecule has 3 aliphatic rings. The molecule has 3 heterocycles. The van der Waals surface area contributed by atoms with E-state index >= 15 is 0 Å². The Labute approximate surface area is 263 Å². The van der Waals surface area contributed by atoms with E-state index in [1.54, 1.807) is 0 Å². The van der Waals surface area contributed by atoms with Crippen molar-refractivity contribution in [3.05, 3.63) is 96.1 Å². The van der Waals surface area contributed by atoms with Crippen LogP contribution in [0.2, 0.25) is 0 Å². The zero-order chi connectivity index (χ0) is 31.1. The van der Waals surface area contributed by atoms with Gasteiger partial charge in [-0.2, -0.15) is 0 Å². The average Bonchev–Trinajstić information content (AvgIpc) is 3.80. The second-order valence-electron chi connectivity index (χ2n) is 13.2. The molecule has 8 nitrogen and oxygen atoms in total. The molecular formula is C37H40N3O5+. The zero-order valence-corrected chi connectivity index (χ0v) is 25.7. The highest BCUT2D eigenvalue weighted by Gasteiger charge is 2.70. The van der Waals surface area contributed by atoms with E-state index in [-0.39, 0.29) is 18.6 Å². The molecule has 5 atom stereocenters. The number of rotatable bonds is 9. The molecule has 0 aromatic heterocycles. The zero-order valence-electron chi connectivity index (χ0n) is 25.7. The van der Waals surface area contributed by atoms with Crippen LogP contribution in [0, 0.1) is 0 Å². The Kier molecular flexibility index (Phi) is 7.81. The molecule has 0 saturated carbocycles. The smallest absolute Gasteiger partial charge is 0.411 e. The number of benzene rings is 4. The second-order valence-corrected chi connectivity index (χ2v) is 13.2. The molecule has 0 aliphatic carbocycles. The summed E-state index contributed by atoms with van der Waals surface area (Å²) in [5, 5.41) is 17.5. The number of hydrogen-bond donors (Lipinski definition) is 3. The van der Waals surface area contributed by atoms with Gasteiger partial charge in [0.15, 0.2) is 0 Å². The van der Waals surface area contributed by atoms with Crippen molar-refractivity contribution in [2.75, 3.05) is 24.7 Å². The molecule has 3 saturated heterocycles. The molecule has 0 radical (unpaired) electrons. The van der Waals surface area contributed by atoms with Crippen LogP contribution >= 0.6 is 0 Å². The lowest BCUT2D eigenvalue weighted by molar-refractivity contribution is -0.938. The van der Waals surface area contributed by atoms with Crippen LogP contribution in [0.25, 0.3) is 21.9 Å². The van der Waals surface area contributed by atoms with Gasteiger partial charge in [-0.1, -0.05) is 60.7 Å². The molecule has 2 amide bonds. The third-order valence-corrected chi connectivity index (χ3v) is 9.96. The molecule has 232 valence electrons. The summed E-state index contributed by atoms with van der Waals surface area (Å²) in [4.78, 5) is 26.0. The molecule has 4 aromatic rings. The predicted molar refractivity (Wildman–Crippen MR) is 175 cm³/mol. The van der Waals surface area contributed by atoms with Crippen LogP contribution in [-0.2, 0) is 27.3 Å². The lowest BCUT2D eigenvalue weighted by Crippen LogP contribution is -2.60.